The predicted molar refractivity (Wildman–Crippen MR) is 309 cm³/mol. The maximum atomic E-state index is 10.7. The molecule has 36 heteroatoms. The highest BCUT2D eigenvalue weighted by Gasteiger charge is 2.39. The molecule has 0 aliphatic rings. The minimum atomic E-state index is -6.09. The van der Waals surface area contributed by atoms with Crippen molar-refractivity contribution < 1.29 is 123 Å². The fraction of sp³-hybridized carbons (Fsp3) is 0.692. The van der Waals surface area contributed by atoms with Crippen molar-refractivity contribution in [2.45, 2.75) is 181 Å². The fourth-order valence-electron chi connectivity index (χ4n) is 6.12. The summed E-state index contributed by atoms with van der Waals surface area (Å²) in [6.07, 6.45) is 0. The largest absolute Gasteiger partial charge is 0.741 e. The first-order valence-corrected chi connectivity index (χ1v) is 32.0. The van der Waals surface area contributed by atoms with Gasteiger partial charge in [0.25, 0.3) is 23.3 Å². The smallest absolute Gasteiger partial charge is 0.485 e. The van der Waals surface area contributed by atoms with Crippen LogP contribution in [-0.2, 0) is 40.5 Å². The van der Waals surface area contributed by atoms with E-state index in [1.54, 1.807) is 0 Å². The molecule has 88 heavy (non-hydrogen) atoms. The van der Waals surface area contributed by atoms with Gasteiger partial charge in [-0.05, 0) is 159 Å². The fourth-order valence-corrected chi connectivity index (χ4v) is 6.12. The Kier molecular flexibility index (Phi) is 36.3. The van der Waals surface area contributed by atoms with Gasteiger partial charge in [0, 0.05) is 0 Å². The molecule has 0 saturated heterocycles. The third kappa shape index (κ3) is 30.3. The van der Waals surface area contributed by atoms with E-state index in [2.05, 4.69) is 254 Å². The summed E-state index contributed by atoms with van der Waals surface area (Å²) in [4.78, 5) is 9.44. The first-order chi connectivity index (χ1) is 38.8. The van der Waals surface area contributed by atoms with Crippen molar-refractivity contribution >= 4 is 63.8 Å². The molecule has 20 nitrogen and oxygen atoms in total. The Morgan fingerprint density at radius 1 is 0.307 bits per heavy atom. The van der Waals surface area contributed by atoms with Gasteiger partial charge in [0.1, 0.15) is 0 Å². The molecule has 2 aromatic carbocycles. The van der Waals surface area contributed by atoms with E-state index in [4.69, 9.17) is 51.9 Å². The van der Waals surface area contributed by atoms with Crippen molar-refractivity contribution in [2.24, 2.45) is 0 Å². The number of halogens is 12. The van der Waals surface area contributed by atoms with Gasteiger partial charge in [-0.2, -0.15) is 52.7 Å². The van der Waals surface area contributed by atoms with Crippen molar-refractivity contribution in [2.75, 3.05) is 56.4 Å². The molecule has 0 saturated carbocycles. The highest BCUT2D eigenvalue weighted by Crippen LogP contribution is 2.23. The molecule has 0 aliphatic carbocycles. The minimum Gasteiger partial charge on any atom is -0.741 e. The highest BCUT2D eigenvalue weighted by atomic mass is 32.2. The topological polar surface area (TPSA) is 254 Å². The Hall–Kier alpha value is -4.88. The summed E-state index contributed by atoms with van der Waals surface area (Å²) in [7, 11) is -6.89. The number of amidine groups is 4. The summed E-state index contributed by atoms with van der Waals surface area (Å²) < 4.78 is 245. The van der Waals surface area contributed by atoms with Gasteiger partial charge in [0.05, 0.1) is 127 Å². The second-order valence-corrected chi connectivity index (χ2v) is 27.2. The van der Waals surface area contributed by atoms with E-state index >= 15 is 0 Å². The van der Waals surface area contributed by atoms with Gasteiger partial charge in [0.2, 0.25) is 0 Å². The highest BCUT2D eigenvalue weighted by molar-refractivity contribution is 7.87. The molecule has 0 unspecified atom stereocenters. The third-order valence-corrected chi connectivity index (χ3v) is 15.1. The maximum Gasteiger partial charge on any atom is 0.485 e. The summed E-state index contributed by atoms with van der Waals surface area (Å²) in [6.45, 7) is 35.8. The molecule has 2 rings (SSSR count). The molecule has 0 heterocycles. The Balaban J connectivity index is -0.000000539. The second-order valence-electron chi connectivity index (χ2n) is 21.7. The number of hydrogen-bond donors (Lipinski definition) is 0. The minimum absolute atomic E-state index is 0.442. The van der Waals surface area contributed by atoms with Gasteiger partial charge in [-0.1, -0.05) is 0 Å². The first kappa shape index (κ1) is 89.5. The Morgan fingerprint density at radius 2 is 0.398 bits per heavy atom. The number of alkyl halides is 12. The quantitative estimate of drug-likeness (QED) is 0.0485. The van der Waals surface area contributed by atoms with E-state index in [9.17, 15) is 52.7 Å². The van der Waals surface area contributed by atoms with Gasteiger partial charge in [-0.15, -0.1) is 0 Å². The molecule has 0 aliphatic heterocycles. The third-order valence-electron chi connectivity index (χ3n) is 12.8. The molecule has 0 bridgehead atoms. The standard InChI is InChI=1S/2C24H44N4.4CHF3O3S/c2*1-17(2)25(9)23(26(10)18(3)4)21-13-15-22(16-14-21)24(27(11)19(5)6)28(12)20(7)8;4*2-1(3,4)8(5,6)7/h2*13-20H,1-12H3;4*(H,5,6,7)/q2*+2;;;;/p-4. The van der Waals surface area contributed by atoms with E-state index in [-0.39, 0.29) is 0 Å². The maximum absolute atomic E-state index is 10.7. The number of nitrogens with zero attached hydrogens (tertiary/aromatic N) is 8. The van der Waals surface area contributed by atoms with E-state index < -0.39 is 62.5 Å². The van der Waals surface area contributed by atoms with Crippen molar-refractivity contribution in [3.05, 3.63) is 70.8 Å². The monoisotopic (exact) mass is 1370 g/mol. The Bertz CT molecular complexity index is 2680. The van der Waals surface area contributed by atoms with Crippen LogP contribution >= 0.6 is 0 Å². The van der Waals surface area contributed by atoms with Gasteiger partial charge in [0.15, 0.2) is 40.5 Å². The zero-order valence-corrected chi connectivity index (χ0v) is 57.1. The van der Waals surface area contributed by atoms with Crippen LogP contribution < -0.4 is 0 Å². The average molecular weight is 1370 g/mol. The Labute approximate surface area is 512 Å². The molecular formula is C52H88F12N8O12S4. The molecule has 0 atom stereocenters. The molecular weight excluding hydrogens is 1280 g/mol. The summed E-state index contributed by atoms with van der Waals surface area (Å²) in [6, 6.07) is 21.7. The van der Waals surface area contributed by atoms with Crippen LogP contribution in [0.5, 0.6) is 0 Å². The van der Waals surface area contributed by atoms with Crippen LogP contribution in [0.15, 0.2) is 48.5 Å². The average Bonchev–Trinajstić information content (AvgIpc) is 3.33. The zero-order chi connectivity index (χ0) is 71.5. The Morgan fingerprint density at radius 3 is 0.455 bits per heavy atom. The van der Waals surface area contributed by atoms with E-state index in [0.29, 0.717) is 48.3 Å². The number of hydrogen-bond acceptors (Lipinski definition) is 12. The van der Waals surface area contributed by atoms with Gasteiger partial charge in [-0.25, -0.2) is 33.7 Å². The summed E-state index contributed by atoms with van der Waals surface area (Å²) >= 11 is 0. The van der Waals surface area contributed by atoms with Gasteiger partial charge in [-0.3, -0.25) is 37.9 Å². The second kappa shape index (κ2) is 35.6. The predicted octanol–water partition coefficient (Wildman–Crippen LogP) is 8.13. The van der Waals surface area contributed by atoms with Crippen molar-refractivity contribution in [3.63, 3.8) is 0 Å². The van der Waals surface area contributed by atoms with E-state index in [1.165, 1.54) is 45.6 Å². The van der Waals surface area contributed by atoms with E-state index in [0.717, 1.165) is 0 Å². The van der Waals surface area contributed by atoms with Crippen molar-refractivity contribution in [1.82, 2.24) is 19.6 Å². The molecule has 516 valence electrons. The lowest BCUT2D eigenvalue weighted by molar-refractivity contribution is -0.534. The zero-order valence-electron chi connectivity index (χ0n) is 53.9. The number of benzene rings is 2. The van der Waals surface area contributed by atoms with Crippen LogP contribution in [0.1, 0.15) is 133 Å². The van der Waals surface area contributed by atoms with Crippen LogP contribution in [0.3, 0.4) is 0 Å². The van der Waals surface area contributed by atoms with Crippen LogP contribution in [0.4, 0.5) is 52.7 Å². The molecule has 0 aromatic heterocycles. The lowest BCUT2D eigenvalue weighted by Crippen LogP contribution is -2.42. The molecule has 2 aromatic rings. The lowest BCUT2D eigenvalue weighted by Gasteiger charge is -2.24. The molecule has 0 spiro atoms. The first-order valence-electron chi connectivity index (χ1n) is 26.4. The van der Waals surface area contributed by atoms with Gasteiger partial charge < -0.3 is 18.2 Å². The van der Waals surface area contributed by atoms with E-state index in [1.807, 2.05) is 0 Å². The molecule has 0 radical (unpaired) electrons. The van der Waals surface area contributed by atoms with Crippen LogP contribution in [0.25, 0.3) is 0 Å². The SMILES string of the molecule is CC(C)N(C)C(c1ccc(C(N(C)C(C)C)=[N+](C)C(C)C)cc1)=[N+](C)C(C)C.CC(C)N(C)C(c1ccc(C(N(C)C(C)C)=[N+](C)C(C)C)cc1)=[N+](C)C(C)C.O=S(=O)([O-])C(F)(F)F.O=S(=O)([O-])C(F)(F)F.O=S(=O)([O-])C(F)(F)F.O=S(=O)([O-])C(F)(F)F. The van der Waals surface area contributed by atoms with Crippen molar-refractivity contribution in [3.8, 4) is 0 Å². The summed E-state index contributed by atoms with van der Waals surface area (Å²) in [5.74, 6) is 5.08. The lowest BCUT2D eigenvalue weighted by atomic mass is 10.1. The number of rotatable bonds is 12. The molecule has 0 amide bonds. The summed E-state index contributed by atoms with van der Waals surface area (Å²) in [5.41, 5.74) is -17.5. The van der Waals surface area contributed by atoms with Gasteiger partial charge >= 0.3 is 22.0 Å². The molecule has 0 N–H and O–H groups in total. The van der Waals surface area contributed by atoms with Crippen LogP contribution in [0.2, 0.25) is 0 Å². The normalized spacial score (nSPS) is 14.0. The van der Waals surface area contributed by atoms with Crippen LogP contribution in [-0.4, -0.2) is 240 Å². The van der Waals surface area contributed by atoms with Crippen molar-refractivity contribution in [1.29, 1.82) is 0 Å². The van der Waals surface area contributed by atoms with Crippen LogP contribution in [0, 0.1) is 0 Å². The summed E-state index contributed by atoms with van der Waals surface area (Å²) in [5, 5.41) is 0. The molecule has 0 fully saturated rings.